The van der Waals surface area contributed by atoms with Gasteiger partial charge in [-0.05, 0) is 41.7 Å². The number of carbonyl (C=O) groups is 1. The summed E-state index contributed by atoms with van der Waals surface area (Å²) in [4.78, 5) is 12.0. The fraction of sp³-hybridized carbons (Fsp3) is 0.316. The second kappa shape index (κ2) is 7.91. The summed E-state index contributed by atoms with van der Waals surface area (Å²) in [5, 5.41) is 2.52. The van der Waals surface area contributed by atoms with Crippen LogP contribution in [0.3, 0.4) is 0 Å². The Bertz CT molecular complexity index is 739. The first-order valence-electron chi connectivity index (χ1n) is 7.92. The van der Waals surface area contributed by atoms with Gasteiger partial charge in [-0.25, -0.2) is 0 Å². The second-order valence-electron chi connectivity index (χ2n) is 6.14. The topological polar surface area (TPSA) is 29.1 Å². The number of carbonyl (C=O) groups excluding carboxylic acids is 1. The van der Waals surface area contributed by atoms with Crippen LogP contribution in [-0.2, 0) is 17.4 Å². The molecule has 0 unspecified atom stereocenters. The van der Waals surface area contributed by atoms with Crippen molar-refractivity contribution in [1.82, 2.24) is 0 Å². The zero-order valence-electron chi connectivity index (χ0n) is 14.0. The van der Waals surface area contributed by atoms with Gasteiger partial charge in [-0.2, -0.15) is 13.2 Å². The van der Waals surface area contributed by atoms with Crippen LogP contribution in [0.5, 0.6) is 0 Å². The standard InChI is InChI=1S/C19H19ClF3NO/c1-12(2)14-6-3-13(4-7-14)5-10-18(25)24-17-11-15(19(21,22)23)8-9-16(17)20/h3-4,6-9,11-12H,5,10H2,1-2H3,(H,24,25). The highest BCUT2D eigenvalue weighted by Gasteiger charge is 2.31. The van der Waals surface area contributed by atoms with E-state index in [0.717, 1.165) is 23.8 Å². The first-order chi connectivity index (χ1) is 11.7. The number of benzene rings is 2. The first kappa shape index (κ1) is 19.3. The maximum atomic E-state index is 12.7. The van der Waals surface area contributed by atoms with E-state index in [4.69, 9.17) is 11.6 Å². The second-order valence-corrected chi connectivity index (χ2v) is 6.54. The highest BCUT2D eigenvalue weighted by atomic mass is 35.5. The predicted octanol–water partition coefficient (Wildman–Crippen LogP) is 6.05. The SMILES string of the molecule is CC(C)c1ccc(CCC(=O)Nc2cc(C(F)(F)F)ccc2Cl)cc1. The van der Waals surface area contributed by atoms with Crippen LogP contribution in [0.15, 0.2) is 42.5 Å². The maximum Gasteiger partial charge on any atom is 0.416 e. The maximum absolute atomic E-state index is 12.7. The Morgan fingerprint density at radius 2 is 1.76 bits per heavy atom. The van der Waals surface area contributed by atoms with Gasteiger partial charge < -0.3 is 5.32 Å². The molecule has 2 nitrogen and oxygen atoms in total. The minimum Gasteiger partial charge on any atom is -0.325 e. The minimum atomic E-state index is -4.48. The van der Waals surface area contributed by atoms with Gasteiger partial charge in [0.15, 0.2) is 0 Å². The van der Waals surface area contributed by atoms with Gasteiger partial charge in [-0.1, -0.05) is 49.7 Å². The predicted molar refractivity (Wildman–Crippen MR) is 93.9 cm³/mol. The molecule has 25 heavy (non-hydrogen) atoms. The fourth-order valence-corrected chi connectivity index (χ4v) is 2.50. The molecule has 0 saturated heterocycles. The van der Waals surface area contributed by atoms with Crippen molar-refractivity contribution in [2.45, 2.75) is 38.8 Å². The molecule has 0 atom stereocenters. The van der Waals surface area contributed by atoms with Gasteiger partial charge in [-0.15, -0.1) is 0 Å². The molecular formula is C19H19ClF3NO. The minimum absolute atomic E-state index is 0.0309. The highest BCUT2D eigenvalue weighted by molar-refractivity contribution is 6.33. The molecule has 0 fully saturated rings. The molecule has 0 saturated carbocycles. The number of hydrogen-bond donors (Lipinski definition) is 1. The van der Waals surface area contributed by atoms with E-state index in [2.05, 4.69) is 19.2 Å². The number of nitrogens with one attached hydrogen (secondary N) is 1. The number of halogens is 4. The normalized spacial score (nSPS) is 11.6. The lowest BCUT2D eigenvalue weighted by Crippen LogP contribution is -2.14. The van der Waals surface area contributed by atoms with Gasteiger partial charge in [0.05, 0.1) is 16.3 Å². The van der Waals surface area contributed by atoms with Crippen molar-refractivity contribution >= 4 is 23.2 Å². The molecule has 0 aliphatic rings. The van der Waals surface area contributed by atoms with Crippen LogP contribution in [0.4, 0.5) is 18.9 Å². The third kappa shape index (κ3) is 5.49. The van der Waals surface area contributed by atoms with E-state index in [-0.39, 0.29) is 23.0 Å². The Labute approximate surface area is 150 Å². The molecule has 134 valence electrons. The van der Waals surface area contributed by atoms with Gasteiger partial charge in [0.25, 0.3) is 0 Å². The lowest BCUT2D eigenvalue weighted by atomic mass is 10.0. The number of anilines is 1. The Balaban J connectivity index is 1.98. The van der Waals surface area contributed by atoms with E-state index in [9.17, 15) is 18.0 Å². The monoisotopic (exact) mass is 369 g/mol. The zero-order valence-corrected chi connectivity index (χ0v) is 14.7. The summed E-state index contributed by atoms with van der Waals surface area (Å²) in [6.45, 7) is 4.20. The molecule has 0 aromatic heterocycles. The van der Waals surface area contributed by atoms with Crippen molar-refractivity contribution in [1.29, 1.82) is 0 Å². The van der Waals surface area contributed by atoms with Crippen LogP contribution in [-0.4, -0.2) is 5.91 Å². The smallest absolute Gasteiger partial charge is 0.325 e. The summed E-state index contributed by atoms with van der Waals surface area (Å²) >= 11 is 5.87. The highest BCUT2D eigenvalue weighted by Crippen LogP contribution is 2.33. The summed E-state index contributed by atoms with van der Waals surface area (Å²) < 4.78 is 38.2. The number of rotatable bonds is 5. The van der Waals surface area contributed by atoms with Crippen LogP contribution in [0, 0.1) is 0 Å². The molecule has 6 heteroatoms. The number of alkyl halides is 3. The number of aryl methyl sites for hydroxylation is 1. The van der Waals surface area contributed by atoms with Crippen LogP contribution in [0.2, 0.25) is 5.02 Å². The van der Waals surface area contributed by atoms with E-state index in [1.54, 1.807) is 0 Å². The molecule has 2 rings (SSSR count). The third-order valence-corrected chi connectivity index (χ3v) is 4.18. The Kier molecular flexibility index (Phi) is 6.11. The molecule has 0 spiro atoms. The average Bonchev–Trinajstić information content (AvgIpc) is 2.54. The van der Waals surface area contributed by atoms with Crippen molar-refractivity contribution in [2.24, 2.45) is 0 Å². The van der Waals surface area contributed by atoms with Crippen LogP contribution in [0.1, 0.15) is 42.9 Å². The van der Waals surface area contributed by atoms with Crippen LogP contribution in [0.25, 0.3) is 0 Å². The van der Waals surface area contributed by atoms with E-state index in [0.29, 0.717) is 12.3 Å². The summed E-state index contributed by atoms with van der Waals surface area (Å²) in [7, 11) is 0. The number of hydrogen-bond acceptors (Lipinski definition) is 1. The van der Waals surface area contributed by atoms with Gasteiger partial charge in [-0.3, -0.25) is 4.79 Å². The molecular weight excluding hydrogens is 351 g/mol. The van der Waals surface area contributed by atoms with Crippen molar-refractivity contribution in [3.05, 3.63) is 64.2 Å². The quantitative estimate of drug-likeness (QED) is 0.682. The largest absolute Gasteiger partial charge is 0.416 e. The van der Waals surface area contributed by atoms with Gasteiger partial charge in [0, 0.05) is 6.42 Å². The zero-order chi connectivity index (χ0) is 18.6. The molecule has 0 aliphatic heterocycles. The van der Waals surface area contributed by atoms with E-state index in [1.165, 1.54) is 5.56 Å². The first-order valence-corrected chi connectivity index (χ1v) is 8.30. The summed E-state index contributed by atoms with van der Waals surface area (Å²) in [6, 6.07) is 10.8. The fourth-order valence-electron chi connectivity index (χ4n) is 2.34. The average molecular weight is 370 g/mol. The summed E-state index contributed by atoms with van der Waals surface area (Å²) in [5.41, 5.74) is 1.33. The Morgan fingerprint density at radius 1 is 1.12 bits per heavy atom. The van der Waals surface area contributed by atoms with E-state index < -0.39 is 11.7 Å². The van der Waals surface area contributed by atoms with Gasteiger partial charge in [0.2, 0.25) is 5.91 Å². The van der Waals surface area contributed by atoms with E-state index >= 15 is 0 Å². The van der Waals surface area contributed by atoms with Crippen molar-refractivity contribution < 1.29 is 18.0 Å². The molecule has 0 radical (unpaired) electrons. The molecule has 1 amide bonds. The summed E-state index contributed by atoms with van der Waals surface area (Å²) in [5.74, 6) is 0.0505. The lowest BCUT2D eigenvalue weighted by Gasteiger charge is -2.12. The third-order valence-electron chi connectivity index (χ3n) is 3.85. The molecule has 0 heterocycles. The Morgan fingerprint density at radius 3 is 2.32 bits per heavy atom. The van der Waals surface area contributed by atoms with Crippen LogP contribution < -0.4 is 5.32 Å². The molecule has 0 aliphatic carbocycles. The summed E-state index contributed by atoms with van der Waals surface area (Å²) in [6.07, 6.45) is -3.82. The molecule has 2 aromatic carbocycles. The Hall–Kier alpha value is -2.01. The van der Waals surface area contributed by atoms with Gasteiger partial charge >= 0.3 is 6.18 Å². The van der Waals surface area contributed by atoms with Crippen LogP contribution >= 0.6 is 11.6 Å². The molecule has 1 N–H and O–H groups in total. The lowest BCUT2D eigenvalue weighted by molar-refractivity contribution is -0.137. The van der Waals surface area contributed by atoms with Crippen molar-refractivity contribution in [3.63, 3.8) is 0 Å². The van der Waals surface area contributed by atoms with Crippen molar-refractivity contribution in [2.75, 3.05) is 5.32 Å². The van der Waals surface area contributed by atoms with Crippen molar-refractivity contribution in [3.8, 4) is 0 Å². The van der Waals surface area contributed by atoms with E-state index in [1.807, 2.05) is 24.3 Å². The molecule has 2 aromatic rings. The number of amides is 1. The van der Waals surface area contributed by atoms with Gasteiger partial charge in [0.1, 0.15) is 0 Å². The molecule has 0 bridgehead atoms.